The lowest BCUT2D eigenvalue weighted by molar-refractivity contribution is -0.0317. The maximum Gasteiger partial charge on any atom is 0.418 e. The molecule has 0 aliphatic carbocycles. The minimum absolute atomic E-state index is 0.167. The van der Waals surface area contributed by atoms with E-state index < -0.39 is 28.5 Å². The van der Waals surface area contributed by atoms with Crippen LogP contribution in [-0.2, 0) is 14.7 Å². The van der Waals surface area contributed by atoms with Crippen LogP contribution in [0.1, 0.15) is 49.4 Å². The second kappa shape index (κ2) is 6.20. The molecule has 3 aliphatic heterocycles. The molecule has 0 aromatic carbocycles. The van der Waals surface area contributed by atoms with Crippen LogP contribution in [0.2, 0.25) is 0 Å². The van der Waals surface area contributed by atoms with Gasteiger partial charge in [-0.05, 0) is 32.2 Å². The molecule has 1 aromatic rings. The molecule has 3 atom stereocenters. The van der Waals surface area contributed by atoms with E-state index in [1.54, 1.807) is 0 Å². The van der Waals surface area contributed by atoms with Gasteiger partial charge in [-0.1, -0.05) is 0 Å². The Labute approximate surface area is 144 Å². The van der Waals surface area contributed by atoms with Gasteiger partial charge in [0.25, 0.3) is 0 Å². The van der Waals surface area contributed by atoms with Crippen molar-refractivity contribution in [2.75, 3.05) is 19.6 Å². The number of fused-ring (bicyclic) bond motifs is 2. The lowest BCUT2D eigenvalue weighted by atomic mass is 10.00. The van der Waals surface area contributed by atoms with Crippen molar-refractivity contribution in [3.05, 3.63) is 11.8 Å². The maximum atomic E-state index is 12.4. The van der Waals surface area contributed by atoms with E-state index in [1.807, 2.05) is 0 Å². The second-order valence-electron chi connectivity index (χ2n) is 6.53. The molecule has 2 N–H and O–H groups in total. The minimum Gasteiger partial charge on any atom is -0.423 e. The molecule has 25 heavy (non-hydrogen) atoms. The van der Waals surface area contributed by atoms with Crippen LogP contribution in [0.3, 0.4) is 0 Å². The highest BCUT2D eigenvalue weighted by molar-refractivity contribution is 7.80. The first-order chi connectivity index (χ1) is 11.9. The SMILES string of the molecule is O=C1N2C[C@@H](CCC2c2nnc(C3CCCNC3)o2)N1OS(=O)(=O)O. The molecule has 2 amide bonds. The molecule has 138 valence electrons. The molecule has 3 saturated heterocycles. The van der Waals surface area contributed by atoms with E-state index in [1.165, 1.54) is 4.90 Å². The van der Waals surface area contributed by atoms with Crippen LogP contribution in [0.15, 0.2) is 4.42 Å². The topological polar surface area (TPSA) is 138 Å². The number of urea groups is 1. The van der Waals surface area contributed by atoms with Crippen molar-refractivity contribution in [3.63, 3.8) is 0 Å². The van der Waals surface area contributed by atoms with Crippen LogP contribution in [0.5, 0.6) is 0 Å². The number of hydrogen-bond acceptors (Lipinski definition) is 8. The molecule has 12 heteroatoms. The van der Waals surface area contributed by atoms with Crippen molar-refractivity contribution in [1.82, 2.24) is 25.5 Å². The van der Waals surface area contributed by atoms with E-state index in [4.69, 9.17) is 8.97 Å². The zero-order valence-corrected chi connectivity index (χ0v) is 14.2. The summed E-state index contributed by atoms with van der Waals surface area (Å²) in [6, 6.07) is -1.49. The Morgan fingerprint density at radius 3 is 2.76 bits per heavy atom. The van der Waals surface area contributed by atoms with Crippen molar-refractivity contribution >= 4 is 16.4 Å². The highest BCUT2D eigenvalue weighted by Crippen LogP contribution is 2.38. The monoisotopic (exact) mass is 373 g/mol. The van der Waals surface area contributed by atoms with E-state index in [-0.39, 0.29) is 12.5 Å². The number of hydrogen-bond donors (Lipinski definition) is 2. The predicted octanol–water partition coefficient (Wildman–Crippen LogP) is 0.212. The van der Waals surface area contributed by atoms with E-state index in [0.717, 1.165) is 25.9 Å². The Morgan fingerprint density at radius 1 is 1.24 bits per heavy atom. The summed E-state index contributed by atoms with van der Waals surface area (Å²) < 4.78 is 40.9. The van der Waals surface area contributed by atoms with Crippen LogP contribution in [-0.4, -0.2) is 64.8 Å². The molecule has 1 aromatic heterocycles. The summed E-state index contributed by atoms with van der Waals surface area (Å²) in [5.41, 5.74) is 0. The van der Waals surface area contributed by atoms with Gasteiger partial charge in [0.15, 0.2) is 0 Å². The van der Waals surface area contributed by atoms with E-state index in [9.17, 15) is 13.2 Å². The van der Waals surface area contributed by atoms with Gasteiger partial charge in [-0.3, -0.25) is 4.55 Å². The Hall–Kier alpha value is -1.76. The summed E-state index contributed by atoms with van der Waals surface area (Å²) in [5.74, 6) is 1.07. The number of carbonyl (C=O) groups is 1. The van der Waals surface area contributed by atoms with Crippen LogP contribution >= 0.6 is 0 Å². The third-order valence-electron chi connectivity index (χ3n) is 4.88. The van der Waals surface area contributed by atoms with Gasteiger partial charge in [0.2, 0.25) is 11.8 Å². The number of aromatic nitrogens is 2. The third-order valence-corrected chi connectivity index (χ3v) is 5.23. The number of amides is 2. The van der Waals surface area contributed by atoms with Gasteiger partial charge in [0, 0.05) is 19.0 Å². The molecule has 0 spiro atoms. The Balaban J connectivity index is 1.51. The number of nitrogens with zero attached hydrogens (tertiary/aromatic N) is 4. The second-order valence-corrected chi connectivity index (χ2v) is 7.54. The van der Waals surface area contributed by atoms with Crippen LogP contribution < -0.4 is 5.32 Å². The molecular weight excluding hydrogens is 354 g/mol. The number of rotatable bonds is 4. The summed E-state index contributed by atoms with van der Waals surface area (Å²) >= 11 is 0. The Kier molecular flexibility index (Phi) is 4.14. The average Bonchev–Trinajstić information content (AvgIpc) is 3.16. The largest absolute Gasteiger partial charge is 0.423 e. The maximum absolute atomic E-state index is 12.4. The van der Waals surface area contributed by atoms with Gasteiger partial charge in [-0.15, -0.1) is 14.5 Å². The van der Waals surface area contributed by atoms with Gasteiger partial charge < -0.3 is 14.6 Å². The van der Waals surface area contributed by atoms with Crippen molar-refractivity contribution in [3.8, 4) is 0 Å². The highest BCUT2D eigenvalue weighted by atomic mass is 32.3. The average molecular weight is 373 g/mol. The molecule has 0 radical (unpaired) electrons. The Bertz CT molecular complexity index is 761. The van der Waals surface area contributed by atoms with Gasteiger partial charge in [-0.25, -0.2) is 4.79 Å². The standard InChI is InChI=1S/C13H19N5O6S/c19-13-17-7-9(18(13)24-25(20,21)22)3-4-10(17)12-16-15-11(23-12)8-2-1-5-14-6-8/h8-10,14H,1-7H2,(H,20,21,22)/t8?,9-,10?/m1/s1. The number of carbonyl (C=O) groups excluding carboxylic acids is 1. The van der Waals surface area contributed by atoms with Gasteiger partial charge in [-0.2, -0.15) is 13.5 Å². The first-order valence-corrected chi connectivity index (χ1v) is 9.60. The fourth-order valence-corrected chi connectivity index (χ4v) is 4.09. The molecule has 3 aliphatic rings. The zero-order chi connectivity index (χ0) is 17.6. The van der Waals surface area contributed by atoms with Crippen LogP contribution in [0, 0.1) is 0 Å². The quantitative estimate of drug-likeness (QED) is 0.709. The summed E-state index contributed by atoms with van der Waals surface area (Å²) in [5, 5.41) is 12.2. The zero-order valence-electron chi connectivity index (χ0n) is 13.4. The predicted molar refractivity (Wildman–Crippen MR) is 81.5 cm³/mol. The normalized spacial score (nSPS) is 30.1. The van der Waals surface area contributed by atoms with Crippen molar-refractivity contribution < 1.29 is 26.5 Å². The summed E-state index contributed by atoms with van der Waals surface area (Å²) in [7, 11) is -4.75. The van der Waals surface area contributed by atoms with Gasteiger partial charge in [0.05, 0.1) is 6.04 Å². The van der Waals surface area contributed by atoms with E-state index >= 15 is 0 Å². The first-order valence-electron chi connectivity index (χ1n) is 8.23. The van der Waals surface area contributed by atoms with Crippen molar-refractivity contribution in [2.24, 2.45) is 0 Å². The van der Waals surface area contributed by atoms with Gasteiger partial charge >= 0.3 is 16.4 Å². The highest BCUT2D eigenvalue weighted by Gasteiger charge is 2.49. The van der Waals surface area contributed by atoms with Crippen molar-refractivity contribution in [1.29, 1.82) is 0 Å². The molecule has 3 fully saturated rings. The first kappa shape index (κ1) is 16.7. The lowest BCUT2D eigenvalue weighted by Crippen LogP contribution is -2.35. The lowest BCUT2D eigenvalue weighted by Gasteiger charge is -2.27. The third kappa shape index (κ3) is 3.21. The molecule has 4 rings (SSSR count). The number of nitrogens with one attached hydrogen (secondary N) is 1. The fraction of sp³-hybridized carbons (Fsp3) is 0.769. The van der Waals surface area contributed by atoms with Gasteiger partial charge in [0.1, 0.15) is 6.04 Å². The van der Waals surface area contributed by atoms with Crippen molar-refractivity contribution in [2.45, 2.75) is 43.7 Å². The summed E-state index contributed by atoms with van der Waals surface area (Å²) in [4.78, 5) is 13.8. The van der Waals surface area contributed by atoms with Crippen LogP contribution in [0.4, 0.5) is 4.79 Å². The molecule has 4 heterocycles. The molecule has 0 saturated carbocycles. The minimum atomic E-state index is -4.75. The molecule has 2 unspecified atom stereocenters. The summed E-state index contributed by atoms with van der Waals surface area (Å²) in [6.07, 6.45) is 3.07. The summed E-state index contributed by atoms with van der Waals surface area (Å²) in [6.45, 7) is 2.04. The van der Waals surface area contributed by atoms with E-state index in [0.29, 0.717) is 29.7 Å². The smallest absolute Gasteiger partial charge is 0.418 e. The molecule has 11 nitrogen and oxygen atoms in total. The number of hydroxylamine groups is 2. The molecule has 2 bridgehead atoms. The number of piperidine rings is 2. The molecular formula is C13H19N5O6S. The Morgan fingerprint density at radius 2 is 2.04 bits per heavy atom. The van der Waals surface area contributed by atoms with Crippen LogP contribution in [0.25, 0.3) is 0 Å². The fourth-order valence-electron chi connectivity index (χ4n) is 3.70. The van der Waals surface area contributed by atoms with E-state index in [2.05, 4.69) is 19.8 Å².